The Morgan fingerprint density at radius 1 is 1.28 bits per heavy atom. The maximum Gasteiger partial charge on any atom is 0.258 e. The zero-order valence-electron chi connectivity index (χ0n) is 9.77. The summed E-state index contributed by atoms with van der Waals surface area (Å²) >= 11 is 0. The van der Waals surface area contributed by atoms with E-state index in [1.165, 1.54) is 6.20 Å². The monoisotopic (exact) mass is 270 g/mol. The molecule has 0 aliphatic heterocycles. The summed E-state index contributed by atoms with van der Waals surface area (Å²) in [5.41, 5.74) is 1.35. The maximum absolute atomic E-state index is 12.0. The number of sulfonamides is 1. The van der Waals surface area contributed by atoms with Crippen molar-refractivity contribution < 1.29 is 8.42 Å². The van der Waals surface area contributed by atoms with Crippen LogP contribution in [0, 0.1) is 0 Å². The first-order valence-electron chi connectivity index (χ1n) is 5.27. The third-order valence-electron chi connectivity index (χ3n) is 2.34. The van der Waals surface area contributed by atoms with Gasteiger partial charge in [-0.1, -0.05) is 0 Å². The van der Waals surface area contributed by atoms with Crippen LogP contribution in [0.15, 0.2) is 23.6 Å². The number of H-pyrrole nitrogens is 2. The van der Waals surface area contributed by atoms with Gasteiger partial charge in [0.25, 0.3) is 10.0 Å². The Morgan fingerprint density at radius 3 is 2.78 bits per heavy atom. The largest absolute Gasteiger partial charge is 0.316 e. The summed E-state index contributed by atoms with van der Waals surface area (Å²) in [6, 6.07) is 0. The molecule has 2 aromatic rings. The molecule has 0 atom stereocenters. The minimum atomic E-state index is -3.60. The summed E-state index contributed by atoms with van der Waals surface area (Å²) in [4.78, 5) is 0. The molecule has 98 valence electrons. The summed E-state index contributed by atoms with van der Waals surface area (Å²) in [6.07, 6.45) is 4.68. The Labute approximate surface area is 104 Å². The summed E-state index contributed by atoms with van der Waals surface area (Å²) in [5, 5.41) is 15.6. The molecule has 0 aliphatic carbocycles. The van der Waals surface area contributed by atoms with Gasteiger partial charge < -0.3 is 5.32 Å². The van der Waals surface area contributed by atoms with Crippen molar-refractivity contribution >= 4 is 10.0 Å². The van der Waals surface area contributed by atoms with Gasteiger partial charge in [-0.3, -0.25) is 10.2 Å². The zero-order chi connectivity index (χ0) is 13.0. The van der Waals surface area contributed by atoms with Gasteiger partial charge >= 0.3 is 0 Å². The molecule has 0 unspecified atom stereocenters. The van der Waals surface area contributed by atoms with Crippen molar-refractivity contribution in [2.24, 2.45) is 0 Å². The number of aromatic nitrogens is 4. The molecule has 0 saturated carbocycles. The molecule has 2 rings (SSSR count). The molecule has 0 bridgehead atoms. The third-order valence-corrected chi connectivity index (χ3v) is 3.75. The summed E-state index contributed by atoms with van der Waals surface area (Å²) in [5.74, 6) is 0. The van der Waals surface area contributed by atoms with Crippen LogP contribution in [-0.4, -0.2) is 35.9 Å². The van der Waals surface area contributed by atoms with Gasteiger partial charge in [0.05, 0.1) is 12.4 Å². The minimum absolute atomic E-state index is 0.0837. The van der Waals surface area contributed by atoms with Gasteiger partial charge in [-0.25, -0.2) is 13.1 Å². The number of hydrogen-bond donors (Lipinski definition) is 4. The highest BCUT2D eigenvalue weighted by molar-refractivity contribution is 7.89. The van der Waals surface area contributed by atoms with Gasteiger partial charge in [0.1, 0.15) is 0 Å². The number of hydrogen-bond acceptors (Lipinski definition) is 5. The minimum Gasteiger partial charge on any atom is -0.316 e. The molecule has 2 heterocycles. The second kappa shape index (κ2) is 5.29. The standard InChI is InChI=1S/C9H14N6O2S/c1-10-5-8-6-13-15-9(8)18(16,17)14-4-7-2-11-12-3-7/h2-3,6,10,14H,4-5H2,1H3,(H,11,12)(H,13,15). The first-order valence-corrected chi connectivity index (χ1v) is 6.76. The van der Waals surface area contributed by atoms with E-state index in [2.05, 4.69) is 30.4 Å². The first-order chi connectivity index (χ1) is 8.63. The van der Waals surface area contributed by atoms with E-state index in [4.69, 9.17) is 0 Å². The molecule has 0 saturated heterocycles. The van der Waals surface area contributed by atoms with Crippen LogP contribution >= 0.6 is 0 Å². The lowest BCUT2D eigenvalue weighted by Gasteiger charge is -2.05. The van der Waals surface area contributed by atoms with E-state index in [9.17, 15) is 8.42 Å². The quantitative estimate of drug-likeness (QED) is 0.555. The molecule has 0 spiro atoms. The van der Waals surface area contributed by atoms with Crippen molar-refractivity contribution in [1.29, 1.82) is 0 Å². The number of nitrogens with zero attached hydrogens (tertiary/aromatic N) is 2. The second-order valence-corrected chi connectivity index (χ2v) is 5.39. The molecule has 4 N–H and O–H groups in total. The molecule has 0 amide bonds. The normalized spacial score (nSPS) is 11.8. The number of aromatic amines is 2. The maximum atomic E-state index is 12.0. The average molecular weight is 270 g/mol. The predicted octanol–water partition coefficient (Wildman–Crippen LogP) is -0.669. The molecule has 9 heteroatoms. The van der Waals surface area contributed by atoms with E-state index < -0.39 is 10.0 Å². The van der Waals surface area contributed by atoms with Crippen LogP contribution in [0.4, 0.5) is 0 Å². The molecule has 2 aromatic heterocycles. The van der Waals surface area contributed by atoms with Crippen molar-refractivity contribution in [1.82, 2.24) is 30.4 Å². The van der Waals surface area contributed by atoms with E-state index >= 15 is 0 Å². The van der Waals surface area contributed by atoms with Gasteiger partial charge in [0.15, 0.2) is 5.03 Å². The van der Waals surface area contributed by atoms with Crippen LogP contribution in [-0.2, 0) is 23.1 Å². The van der Waals surface area contributed by atoms with Crippen LogP contribution in [0.5, 0.6) is 0 Å². The van der Waals surface area contributed by atoms with E-state index in [1.807, 2.05) is 0 Å². The van der Waals surface area contributed by atoms with Crippen molar-refractivity contribution in [3.63, 3.8) is 0 Å². The lowest BCUT2D eigenvalue weighted by atomic mass is 10.4. The van der Waals surface area contributed by atoms with E-state index in [1.54, 1.807) is 19.4 Å². The van der Waals surface area contributed by atoms with E-state index in [0.29, 0.717) is 12.1 Å². The van der Waals surface area contributed by atoms with Crippen molar-refractivity contribution in [2.75, 3.05) is 7.05 Å². The van der Waals surface area contributed by atoms with Crippen molar-refractivity contribution in [2.45, 2.75) is 18.1 Å². The Balaban J connectivity index is 2.12. The second-order valence-electron chi connectivity index (χ2n) is 3.69. The molecule has 0 fully saturated rings. The van der Waals surface area contributed by atoms with Crippen LogP contribution in [0.25, 0.3) is 0 Å². The van der Waals surface area contributed by atoms with Gasteiger partial charge in [-0.15, -0.1) is 0 Å². The third kappa shape index (κ3) is 2.75. The summed E-state index contributed by atoms with van der Waals surface area (Å²) in [7, 11) is -1.86. The van der Waals surface area contributed by atoms with Crippen LogP contribution in [0.3, 0.4) is 0 Å². The zero-order valence-corrected chi connectivity index (χ0v) is 10.6. The molecule has 0 radical (unpaired) electrons. The summed E-state index contributed by atoms with van der Waals surface area (Å²) in [6.45, 7) is 0.606. The van der Waals surface area contributed by atoms with Crippen molar-refractivity contribution in [3.8, 4) is 0 Å². The lowest BCUT2D eigenvalue weighted by Crippen LogP contribution is -2.25. The highest BCUT2D eigenvalue weighted by atomic mass is 32.2. The van der Waals surface area contributed by atoms with Gasteiger partial charge in [-0.2, -0.15) is 10.2 Å². The Bertz CT molecular complexity index is 588. The predicted molar refractivity (Wildman–Crippen MR) is 64.0 cm³/mol. The fourth-order valence-corrected chi connectivity index (χ4v) is 2.62. The Morgan fingerprint density at radius 2 is 2.11 bits per heavy atom. The molecule has 0 aromatic carbocycles. The highest BCUT2D eigenvalue weighted by Gasteiger charge is 2.20. The molecular formula is C9H14N6O2S. The number of rotatable bonds is 6. The fourth-order valence-electron chi connectivity index (χ4n) is 1.47. The van der Waals surface area contributed by atoms with Crippen LogP contribution in [0.1, 0.15) is 11.1 Å². The Kier molecular flexibility index (Phi) is 3.75. The topological polar surface area (TPSA) is 116 Å². The SMILES string of the molecule is CNCc1cn[nH]c1S(=O)(=O)NCc1cn[nH]c1. The lowest BCUT2D eigenvalue weighted by molar-refractivity contribution is 0.575. The fraction of sp³-hybridized carbons (Fsp3) is 0.333. The molecule has 8 nitrogen and oxygen atoms in total. The van der Waals surface area contributed by atoms with Gasteiger partial charge in [-0.05, 0) is 7.05 Å². The van der Waals surface area contributed by atoms with E-state index in [0.717, 1.165) is 5.56 Å². The Hall–Kier alpha value is -1.71. The molecule has 18 heavy (non-hydrogen) atoms. The van der Waals surface area contributed by atoms with Gasteiger partial charge in [0, 0.05) is 30.4 Å². The number of nitrogens with one attached hydrogen (secondary N) is 4. The van der Waals surface area contributed by atoms with Gasteiger partial charge in [0.2, 0.25) is 0 Å². The smallest absolute Gasteiger partial charge is 0.258 e. The molecular weight excluding hydrogens is 256 g/mol. The molecule has 0 aliphatic rings. The van der Waals surface area contributed by atoms with E-state index in [-0.39, 0.29) is 11.6 Å². The summed E-state index contributed by atoms with van der Waals surface area (Å²) < 4.78 is 26.6. The highest BCUT2D eigenvalue weighted by Crippen LogP contribution is 2.11. The van der Waals surface area contributed by atoms with Crippen LogP contribution in [0.2, 0.25) is 0 Å². The average Bonchev–Trinajstić information content (AvgIpc) is 2.97. The van der Waals surface area contributed by atoms with Crippen molar-refractivity contribution in [3.05, 3.63) is 29.7 Å². The van der Waals surface area contributed by atoms with Crippen LogP contribution < -0.4 is 10.0 Å². The first kappa shape index (κ1) is 12.7.